The van der Waals surface area contributed by atoms with E-state index < -0.39 is 52.2 Å². The van der Waals surface area contributed by atoms with Crippen molar-refractivity contribution >= 4 is 40.1 Å². The molecule has 0 amide bonds. The van der Waals surface area contributed by atoms with Crippen LogP contribution in [0.4, 0.5) is 0 Å². The summed E-state index contributed by atoms with van der Waals surface area (Å²) in [7, 11) is -16.5. The van der Waals surface area contributed by atoms with Crippen LogP contribution in [0.2, 0.25) is 0 Å². The van der Waals surface area contributed by atoms with E-state index in [-0.39, 0.29) is 71.7 Å². The molecule has 5 rings (SSSR count). The summed E-state index contributed by atoms with van der Waals surface area (Å²) in [5.74, 6) is 0. The quantitative estimate of drug-likeness (QED) is 0.0854. The molecule has 1 aliphatic rings. The van der Waals surface area contributed by atoms with Crippen molar-refractivity contribution in [1.82, 2.24) is 17.2 Å². The molecule has 1 saturated carbocycles. The molecule has 12 nitrogen and oxygen atoms in total. The molecular formula is C50H72N4O8S4. The lowest BCUT2D eigenvalue weighted by Crippen LogP contribution is -2.61. The van der Waals surface area contributed by atoms with Crippen molar-refractivity contribution in [2.24, 2.45) is 0 Å². The van der Waals surface area contributed by atoms with Gasteiger partial charge in [0, 0.05) is 51.4 Å². The van der Waals surface area contributed by atoms with Gasteiger partial charge in [-0.1, -0.05) is 84.6 Å². The summed E-state index contributed by atoms with van der Waals surface area (Å²) in [6.45, 7) is 25.6. The van der Waals surface area contributed by atoms with E-state index in [4.69, 9.17) is 0 Å². The second-order valence-corrected chi connectivity index (χ2v) is 26.0. The molecule has 364 valence electrons. The van der Waals surface area contributed by atoms with Crippen molar-refractivity contribution in [1.29, 1.82) is 0 Å². The van der Waals surface area contributed by atoms with Gasteiger partial charge in [0.15, 0.2) is 0 Å². The van der Waals surface area contributed by atoms with E-state index in [9.17, 15) is 16.8 Å². The highest BCUT2D eigenvalue weighted by Gasteiger charge is 2.49. The van der Waals surface area contributed by atoms with Gasteiger partial charge in [-0.15, -0.1) is 0 Å². The highest BCUT2D eigenvalue weighted by molar-refractivity contribution is 7.90. The third-order valence-electron chi connectivity index (χ3n) is 13.0. The Hall–Kier alpha value is -3.48. The number of hydrogen-bond acceptors (Lipinski definition) is 8. The van der Waals surface area contributed by atoms with Crippen molar-refractivity contribution in [2.75, 3.05) is 39.3 Å². The lowest BCUT2D eigenvalue weighted by atomic mass is 9.86. The molecule has 0 spiro atoms. The fourth-order valence-electron chi connectivity index (χ4n) is 10.6. The van der Waals surface area contributed by atoms with Gasteiger partial charge in [-0.25, -0.2) is 33.7 Å². The number of rotatable bonds is 20. The van der Waals surface area contributed by atoms with Crippen LogP contribution in [0.25, 0.3) is 0 Å². The average Bonchev–Trinajstić information content (AvgIpc) is 3.14. The summed E-state index contributed by atoms with van der Waals surface area (Å²) in [5, 5.41) is 0. The molecule has 0 N–H and O–H groups in total. The summed E-state index contributed by atoms with van der Waals surface area (Å²) in [5.41, 5.74) is 8.51. The van der Waals surface area contributed by atoms with E-state index in [0.717, 1.165) is 22.3 Å². The molecule has 0 unspecified atom stereocenters. The van der Waals surface area contributed by atoms with Crippen molar-refractivity contribution in [3.63, 3.8) is 0 Å². The molecule has 4 aromatic rings. The molecule has 0 aromatic heterocycles. The molecule has 16 heteroatoms. The Labute approximate surface area is 397 Å². The summed E-state index contributed by atoms with van der Waals surface area (Å²) in [6.07, 6.45) is 1.02. The normalized spacial score (nSPS) is 16.2. The first kappa shape index (κ1) is 53.5. The van der Waals surface area contributed by atoms with Crippen LogP contribution in [-0.2, 0) is 40.1 Å². The zero-order chi connectivity index (χ0) is 49.4. The zero-order valence-corrected chi connectivity index (χ0v) is 44.8. The third-order valence-corrected chi connectivity index (χ3v) is 22.0. The minimum Gasteiger partial charge on any atom is -0.207 e. The van der Waals surface area contributed by atoms with Crippen molar-refractivity contribution in [3.05, 3.63) is 115 Å². The van der Waals surface area contributed by atoms with Gasteiger partial charge in [-0.2, -0.15) is 17.2 Å². The Morgan fingerprint density at radius 2 is 0.576 bits per heavy atom. The zero-order valence-electron chi connectivity index (χ0n) is 41.5. The molecule has 1 fully saturated rings. The van der Waals surface area contributed by atoms with Crippen LogP contribution in [0.1, 0.15) is 106 Å². The maximum atomic E-state index is 15.3. The van der Waals surface area contributed by atoms with E-state index >= 15 is 16.8 Å². The summed E-state index contributed by atoms with van der Waals surface area (Å²) in [4.78, 5) is 0.778. The Bertz CT molecular complexity index is 2640. The molecular weight excluding hydrogens is 913 g/mol. The Kier molecular flexibility index (Phi) is 16.7. The Morgan fingerprint density at radius 3 is 0.773 bits per heavy atom. The summed E-state index contributed by atoms with van der Waals surface area (Å²) in [6, 6.07) is 13.1. The molecule has 0 radical (unpaired) electrons. The van der Waals surface area contributed by atoms with Gasteiger partial charge in [0.25, 0.3) is 0 Å². The first-order valence-electron chi connectivity index (χ1n) is 23.0. The van der Waals surface area contributed by atoms with Crippen LogP contribution in [0.15, 0.2) is 68.1 Å². The number of nitrogens with zero attached hydrogens (tertiary/aromatic N) is 4. The molecule has 66 heavy (non-hydrogen) atoms. The maximum Gasteiger partial charge on any atom is 0.243 e. The van der Waals surface area contributed by atoms with Gasteiger partial charge in [-0.05, 0) is 153 Å². The molecule has 0 bridgehead atoms. The van der Waals surface area contributed by atoms with Crippen LogP contribution in [0.5, 0.6) is 0 Å². The first-order chi connectivity index (χ1) is 30.6. The summed E-state index contributed by atoms with van der Waals surface area (Å²) < 4.78 is 124. The van der Waals surface area contributed by atoms with E-state index in [2.05, 4.69) is 0 Å². The van der Waals surface area contributed by atoms with Crippen molar-refractivity contribution in [2.45, 2.75) is 154 Å². The largest absolute Gasteiger partial charge is 0.243 e. The molecule has 0 saturated heterocycles. The Morgan fingerprint density at radius 1 is 0.364 bits per heavy atom. The number of hydrogen-bond donors (Lipinski definition) is 0. The molecule has 2 atom stereocenters. The van der Waals surface area contributed by atoms with E-state index in [1.54, 1.807) is 69.2 Å². The molecule has 4 aromatic carbocycles. The fourth-order valence-corrected chi connectivity index (χ4v) is 18.6. The standard InChI is InChI=1S/C50H72N4O8S4/c1-15-51(63(55,56)47-37(7)25-33(3)26-38(47)8)21-17-23-53(65(59,60)49-41(11)29-35(5)30-42(49)12)45-19-20-46(45)54(66(61,62)50-43(13)31-36(6)32-44(50)14)24-18-22-52(16-2)64(57,58)48-39(9)27-34(4)28-40(48)10/h25-32,45-46H,15-24H2,1-14H3/t45-,46-/m1/s1. The fraction of sp³-hybridized carbons (Fsp3) is 0.520. The van der Waals surface area contributed by atoms with Gasteiger partial charge in [0.05, 0.1) is 19.6 Å². The van der Waals surface area contributed by atoms with E-state index in [0.29, 0.717) is 57.3 Å². The molecule has 0 heterocycles. The SMILES string of the molecule is CCN(CCCN([C@@H]1CC[C@H]1N(CCCN(CC)S(=O)(=O)c1c(C)cc(C)cc1C)S(=O)(=O)c1c(C)cc(C)cc1C)S(=O)(=O)c1c(C)cc(C)cc1C)S(=O)(=O)c1c(C)cc(C)cc1C. The smallest absolute Gasteiger partial charge is 0.207 e. The van der Waals surface area contributed by atoms with Crippen molar-refractivity contribution in [3.8, 4) is 0 Å². The van der Waals surface area contributed by atoms with E-state index in [1.807, 2.05) is 76.2 Å². The number of aryl methyl sites for hydroxylation is 12. The predicted octanol–water partition coefficient (Wildman–Crippen LogP) is 8.80. The van der Waals surface area contributed by atoms with E-state index in [1.165, 1.54) is 17.2 Å². The lowest BCUT2D eigenvalue weighted by Gasteiger charge is -2.48. The second kappa shape index (κ2) is 20.6. The Balaban J connectivity index is 1.57. The highest BCUT2D eigenvalue weighted by atomic mass is 32.2. The third kappa shape index (κ3) is 10.7. The first-order valence-corrected chi connectivity index (χ1v) is 28.7. The topological polar surface area (TPSA) is 150 Å². The van der Waals surface area contributed by atoms with Gasteiger partial charge >= 0.3 is 0 Å². The minimum absolute atomic E-state index is 0.0336. The maximum absolute atomic E-state index is 15.3. The second-order valence-electron chi connectivity index (χ2n) is 18.6. The van der Waals surface area contributed by atoms with Gasteiger partial charge < -0.3 is 0 Å². The monoisotopic (exact) mass is 984 g/mol. The number of sulfonamides is 4. The van der Waals surface area contributed by atoms with Crippen molar-refractivity contribution < 1.29 is 33.7 Å². The average molecular weight is 985 g/mol. The van der Waals surface area contributed by atoms with Gasteiger partial charge in [0.2, 0.25) is 40.1 Å². The molecule has 1 aliphatic carbocycles. The summed E-state index contributed by atoms with van der Waals surface area (Å²) >= 11 is 0. The van der Waals surface area contributed by atoms with Crippen LogP contribution in [0.3, 0.4) is 0 Å². The van der Waals surface area contributed by atoms with Crippen LogP contribution < -0.4 is 0 Å². The van der Waals surface area contributed by atoms with Gasteiger partial charge in [-0.3, -0.25) is 0 Å². The lowest BCUT2D eigenvalue weighted by molar-refractivity contribution is 0.0973. The minimum atomic E-state index is -4.29. The highest BCUT2D eigenvalue weighted by Crippen LogP contribution is 2.40. The predicted molar refractivity (Wildman–Crippen MR) is 265 cm³/mol. The van der Waals surface area contributed by atoms with Crippen LogP contribution in [0, 0.1) is 83.1 Å². The van der Waals surface area contributed by atoms with Crippen LogP contribution in [-0.4, -0.2) is 102 Å². The van der Waals surface area contributed by atoms with Gasteiger partial charge in [0.1, 0.15) is 0 Å². The van der Waals surface area contributed by atoms with Crippen LogP contribution >= 0.6 is 0 Å². The molecule has 0 aliphatic heterocycles. The number of benzene rings is 4.